The molecule has 0 unspecified atom stereocenters. The number of carbonyl (C=O) groups excluding carboxylic acids is 1. The molecule has 0 saturated carbocycles. The van der Waals surface area contributed by atoms with Crippen LogP contribution >= 0.6 is 11.6 Å². The Hall–Kier alpha value is -3.56. The van der Waals surface area contributed by atoms with E-state index in [1.165, 1.54) is 42.5 Å². The lowest BCUT2D eigenvalue weighted by atomic mass is 10.1. The van der Waals surface area contributed by atoms with E-state index in [-0.39, 0.29) is 16.5 Å². The van der Waals surface area contributed by atoms with E-state index in [1.807, 2.05) is 6.92 Å². The quantitative estimate of drug-likeness (QED) is 0.364. The number of rotatable bonds is 5. The van der Waals surface area contributed by atoms with Gasteiger partial charge in [-0.15, -0.1) is 0 Å². The van der Waals surface area contributed by atoms with Crippen LogP contribution in [0.4, 0.5) is 11.4 Å². The topological polar surface area (TPSA) is 124 Å². The molecular formula is C21H17ClN4O4S. The summed E-state index contributed by atoms with van der Waals surface area (Å²) in [4.78, 5) is 28.9. The van der Waals surface area contributed by atoms with E-state index >= 15 is 0 Å². The van der Waals surface area contributed by atoms with Crippen molar-refractivity contribution in [3.05, 3.63) is 87.3 Å². The molecule has 0 aliphatic rings. The highest BCUT2D eigenvalue weighted by molar-refractivity contribution is 7.92. The third-order valence-corrected chi connectivity index (χ3v) is 6.26. The number of imidazole rings is 1. The monoisotopic (exact) mass is 456 g/mol. The minimum Gasteiger partial charge on any atom is -0.322 e. The Labute approximate surface area is 182 Å². The van der Waals surface area contributed by atoms with Crippen molar-refractivity contribution in [3.8, 4) is 0 Å². The number of nitrogens with one attached hydrogen (secondary N) is 4. The second-order valence-corrected chi connectivity index (χ2v) is 9.00. The Kier molecular flexibility index (Phi) is 5.30. The standard InChI is InChI=1S/C21H17ClN4O4S/c1-12-2-5-14(22)10-18(12)23-20(27)13-3-6-15(7-4-13)26-31(29,30)16-8-9-17-19(11-16)25-21(28)24-17/h2-11,26H,1H3,(H,23,27)(H2,24,25,28). The molecule has 0 aliphatic carbocycles. The van der Waals surface area contributed by atoms with Gasteiger partial charge < -0.3 is 15.3 Å². The number of aromatic amines is 2. The number of benzene rings is 3. The molecule has 0 aliphatic heterocycles. The molecule has 31 heavy (non-hydrogen) atoms. The van der Waals surface area contributed by atoms with Crippen LogP contribution in [0.2, 0.25) is 5.02 Å². The van der Waals surface area contributed by atoms with Crippen LogP contribution in [0, 0.1) is 6.92 Å². The van der Waals surface area contributed by atoms with Crippen LogP contribution in [-0.2, 0) is 10.0 Å². The highest BCUT2D eigenvalue weighted by Gasteiger charge is 2.16. The Balaban J connectivity index is 1.51. The van der Waals surface area contributed by atoms with Gasteiger partial charge in [0.25, 0.3) is 15.9 Å². The molecule has 158 valence electrons. The second kappa shape index (κ2) is 7.93. The third-order valence-electron chi connectivity index (χ3n) is 4.64. The van der Waals surface area contributed by atoms with Gasteiger partial charge in [-0.3, -0.25) is 9.52 Å². The van der Waals surface area contributed by atoms with Crippen molar-refractivity contribution in [2.24, 2.45) is 0 Å². The van der Waals surface area contributed by atoms with Gasteiger partial charge in [-0.1, -0.05) is 17.7 Å². The van der Waals surface area contributed by atoms with Crippen LogP contribution in [0.3, 0.4) is 0 Å². The predicted molar refractivity (Wildman–Crippen MR) is 120 cm³/mol. The number of hydrogen-bond donors (Lipinski definition) is 4. The first-order valence-electron chi connectivity index (χ1n) is 9.14. The molecule has 8 nitrogen and oxygen atoms in total. The third kappa shape index (κ3) is 4.47. The highest BCUT2D eigenvalue weighted by atomic mass is 35.5. The molecule has 1 aromatic heterocycles. The predicted octanol–water partition coefficient (Wildman–Crippen LogP) is 3.87. The van der Waals surface area contributed by atoms with Crippen LogP contribution in [-0.4, -0.2) is 24.3 Å². The molecule has 0 fully saturated rings. The number of anilines is 2. The van der Waals surface area contributed by atoms with Gasteiger partial charge in [-0.25, -0.2) is 13.2 Å². The number of H-pyrrole nitrogens is 2. The molecule has 0 atom stereocenters. The molecule has 4 aromatic rings. The van der Waals surface area contributed by atoms with Crippen molar-refractivity contribution >= 4 is 49.9 Å². The molecule has 1 heterocycles. The fourth-order valence-electron chi connectivity index (χ4n) is 3.01. The highest BCUT2D eigenvalue weighted by Crippen LogP contribution is 2.22. The molecule has 0 spiro atoms. The second-order valence-electron chi connectivity index (χ2n) is 6.88. The lowest BCUT2D eigenvalue weighted by Crippen LogP contribution is -2.14. The number of halogens is 1. The summed E-state index contributed by atoms with van der Waals surface area (Å²) < 4.78 is 27.8. The summed E-state index contributed by atoms with van der Waals surface area (Å²) in [5, 5.41) is 3.29. The SMILES string of the molecule is Cc1ccc(Cl)cc1NC(=O)c1ccc(NS(=O)(=O)c2ccc3[nH]c(=O)[nH]c3c2)cc1. The van der Waals surface area contributed by atoms with Crippen LogP contribution in [0.15, 0.2) is 70.4 Å². The number of sulfonamides is 1. The van der Waals surface area contributed by atoms with Crippen LogP contribution in [0.25, 0.3) is 11.0 Å². The van der Waals surface area contributed by atoms with Crippen LogP contribution < -0.4 is 15.7 Å². The molecule has 3 aromatic carbocycles. The van der Waals surface area contributed by atoms with Crippen LogP contribution in [0.1, 0.15) is 15.9 Å². The lowest BCUT2D eigenvalue weighted by Gasteiger charge is -2.11. The van der Waals surface area contributed by atoms with E-state index in [4.69, 9.17) is 11.6 Å². The van der Waals surface area contributed by atoms with Gasteiger partial charge in [0.05, 0.1) is 15.9 Å². The molecule has 10 heteroatoms. The molecule has 0 saturated heterocycles. The Morgan fingerprint density at radius 1 is 0.935 bits per heavy atom. The minimum atomic E-state index is -3.89. The summed E-state index contributed by atoms with van der Waals surface area (Å²) in [5.74, 6) is -0.346. The van der Waals surface area contributed by atoms with Crippen molar-refractivity contribution in [3.63, 3.8) is 0 Å². The summed E-state index contributed by atoms with van der Waals surface area (Å²) in [6, 6.07) is 15.5. The first-order valence-corrected chi connectivity index (χ1v) is 11.0. The van der Waals surface area contributed by atoms with E-state index in [2.05, 4.69) is 20.0 Å². The largest absolute Gasteiger partial charge is 0.323 e. The van der Waals surface area contributed by atoms with E-state index in [1.54, 1.807) is 18.2 Å². The lowest BCUT2D eigenvalue weighted by molar-refractivity contribution is 0.102. The number of aryl methyl sites for hydroxylation is 1. The zero-order valence-electron chi connectivity index (χ0n) is 16.2. The molecule has 4 rings (SSSR count). The smallest absolute Gasteiger partial charge is 0.322 e. The number of fused-ring (bicyclic) bond motifs is 1. The molecule has 0 radical (unpaired) electrons. The number of aromatic nitrogens is 2. The first kappa shape index (κ1) is 20.7. The molecule has 1 amide bonds. The fraction of sp³-hybridized carbons (Fsp3) is 0.0476. The van der Waals surface area contributed by atoms with E-state index < -0.39 is 15.7 Å². The summed E-state index contributed by atoms with van der Waals surface area (Å²) in [5.41, 5.74) is 2.58. The van der Waals surface area contributed by atoms with E-state index in [9.17, 15) is 18.0 Å². The minimum absolute atomic E-state index is 0.00602. The molecule has 0 bridgehead atoms. The summed E-state index contributed by atoms with van der Waals surface area (Å²) in [6.45, 7) is 1.85. The summed E-state index contributed by atoms with van der Waals surface area (Å²) in [6.07, 6.45) is 0. The van der Waals surface area contributed by atoms with Crippen molar-refractivity contribution < 1.29 is 13.2 Å². The number of carbonyl (C=O) groups is 1. The first-order chi connectivity index (χ1) is 14.7. The average Bonchev–Trinajstić information content (AvgIpc) is 3.10. The normalized spacial score (nSPS) is 11.4. The maximum Gasteiger partial charge on any atom is 0.323 e. The maximum absolute atomic E-state index is 12.7. The van der Waals surface area contributed by atoms with Gasteiger partial charge in [0.15, 0.2) is 0 Å². The van der Waals surface area contributed by atoms with Gasteiger partial charge in [0, 0.05) is 22.0 Å². The summed E-state index contributed by atoms with van der Waals surface area (Å²) in [7, 11) is -3.89. The Morgan fingerprint density at radius 3 is 2.39 bits per heavy atom. The average molecular weight is 457 g/mol. The zero-order valence-corrected chi connectivity index (χ0v) is 17.8. The van der Waals surface area contributed by atoms with Gasteiger partial charge in [0.1, 0.15) is 0 Å². The van der Waals surface area contributed by atoms with Crippen molar-refractivity contribution in [2.75, 3.05) is 10.0 Å². The molecular weight excluding hydrogens is 440 g/mol. The molecule has 4 N–H and O–H groups in total. The number of amides is 1. The Bertz CT molecular complexity index is 1460. The zero-order chi connectivity index (χ0) is 22.2. The van der Waals surface area contributed by atoms with Gasteiger partial charge in [-0.05, 0) is 67.1 Å². The van der Waals surface area contributed by atoms with E-state index in [0.717, 1.165) is 5.56 Å². The summed E-state index contributed by atoms with van der Waals surface area (Å²) >= 11 is 5.98. The van der Waals surface area contributed by atoms with E-state index in [0.29, 0.717) is 27.3 Å². The van der Waals surface area contributed by atoms with Gasteiger partial charge >= 0.3 is 5.69 Å². The number of hydrogen-bond acceptors (Lipinski definition) is 4. The van der Waals surface area contributed by atoms with Crippen LogP contribution in [0.5, 0.6) is 0 Å². The van der Waals surface area contributed by atoms with Gasteiger partial charge in [0.2, 0.25) is 0 Å². The maximum atomic E-state index is 12.7. The fourth-order valence-corrected chi connectivity index (χ4v) is 4.26. The van der Waals surface area contributed by atoms with Crippen molar-refractivity contribution in [1.82, 2.24) is 9.97 Å². The Morgan fingerprint density at radius 2 is 1.65 bits per heavy atom. The van der Waals surface area contributed by atoms with Gasteiger partial charge in [-0.2, -0.15) is 0 Å². The van der Waals surface area contributed by atoms with Crippen molar-refractivity contribution in [1.29, 1.82) is 0 Å². The van der Waals surface area contributed by atoms with Crippen molar-refractivity contribution in [2.45, 2.75) is 11.8 Å².